The van der Waals surface area contributed by atoms with Gasteiger partial charge in [0.2, 0.25) is 5.91 Å². The van der Waals surface area contributed by atoms with Crippen LogP contribution in [0.25, 0.3) is 0 Å². The summed E-state index contributed by atoms with van der Waals surface area (Å²) in [6, 6.07) is 3.98. The first-order valence-electron chi connectivity index (χ1n) is 8.60. The summed E-state index contributed by atoms with van der Waals surface area (Å²) in [4.78, 5) is 34.4. The average molecular weight is 404 g/mol. The lowest BCUT2D eigenvalue weighted by Gasteiger charge is -2.22. The number of carboxylic acid groups (broad SMARTS) is 1. The van der Waals surface area contributed by atoms with Crippen molar-refractivity contribution in [3.63, 3.8) is 0 Å². The van der Waals surface area contributed by atoms with Crippen LogP contribution in [-0.2, 0) is 20.8 Å². The fourth-order valence-corrected chi connectivity index (χ4v) is 2.74. The van der Waals surface area contributed by atoms with E-state index < -0.39 is 47.8 Å². The summed E-state index contributed by atoms with van der Waals surface area (Å²) in [6.07, 6.45) is -4.96. The van der Waals surface area contributed by atoms with E-state index in [0.717, 1.165) is 0 Å². The fourth-order valence-electron chi connectivity index (χ4n) is 2.74. The van der Waals surface area contributed by atoms with Gasteiger partial charge in [-0.2, -0.15) is 13.2 Å². The average Bonchev–Trinajstić information content (AvgIpc) is 3.39. The molecule has 0 aromatic heterocycles. The monoisotopic (exact) mass is 404 g/mol. The number of amides is 1. The van der Waals surface area contributed by atoms with Crippen molar-refractivity contribution in [3.8, 4) is 0 Å². The normalized spacial score (nSPS) is 17.4. The topological polar surface area (TPSA) is 95.5 Å². The Balaban J connectivity index is 1.89. The zero-order chi connectivity index (χ0) is 20.9. The highest BCUT2D eigenvalue weighted by Crippen LogP contribution is 2.48. The molecule has 0 radical (unpaired) electrons. The number of hydrogen-bond donors (Lipinski definition) is 3. The van der Waals surface area contributed by atoms with Crippen LogP contribution in [0.3, 0.4) is 0 Å². The molecular weight excluding hydrogens is 384 g/mol. The number of aldehydes is 1. The maximum Gasteiger partial charge on any atom is 0.411 e. The quantitative estimate of drug-likeness (QED) is 0.409. The molecule has 1 amide bonds. The summed E-state index contributed by atoms with van der Waals surface area (Å²) in [5, 5.41) is 13.6. The van der Waals surface area contributed by atoms with Gasteiger partial charge in [-0.25, -0.2) is 4.39 Å². The number of rotatable bonds is 10. The molecule has 1 aliphatic rings. The van der Waals surface area contributed by atoms with Crippen LogP contribution in [0.15, 0.2) is 24.3 Å². The Kier molecular flexibility index (Phi) is 6.76. The third-order valence-electron chi connectivity index (χ3n) is 4.59. The second-order valence-corrected chi connectivity index (χ2v) is 6.86. The minimum atomic E-state index is -4.59. The lowest BCUT2D eigenvalue weighted by Crippen LogP contribution is -2.50. The van der Waals surface area contributed by atoms with Crippen LogP contribution in [0.5, 0.6) is 0 Å². The molecule has 0 bridgehead atoms. The molecule has 0 saturated heterocycles. The molecule has 1 aromatic rings. The van der Waals surface area contributed by atoms with Crippen LogP contribution in [0.2, 0.25) is 0 Å². The van der Waals surface area contributed by atoms with E-state index in [2.05, 4.69) is 5.32 Å². The van der Waals surface area contributed by atoms with Gasteiger partial charge in [-0.1, -0.05) is 12.1 Å². The van der Waals surface area contributed by atoms with Crippen molar-refractivity contribution in [3.05, 3.63) is 35.6 Å². The summed E-state index contributed by atoms with van der Waals surface area (Å²) in [5.74, 6) is -3.54. The minimum Gasteiger partial charge on any atom is -0.480 e. The Morgan fingerprint density at radius 3 is 2.29 bits per heavy atom. The predicted molar refractivity (Wildman–Crippen MR) is 89.9 cm³/mol. The van der Waals surface area contributed by atoms with Gasteiger partial charge < -0.3 is 20.5 Å². The number of carboxylic acids is 1. The third-order valence-corrected chi connectivity index (χ3v) is 4.59. The van der Waals surface area contributed by atoms with E-state index in [0.29, 0.717) is 11.8 Å². The van der Waals surface area contributed by atoms with E-state index in [1.54, 1.807) is 0 Å². The summed E-state index contributed by atoms with van der Waals surface area (Å²) < 4.78 is 51.5. The summed E-state index contributed by atoms with van der Waals surface area (Å²) >= 11 is 0. The van der Waals surface area contributed by atoms with Crippen molar-refractivity contribution in [2.24, 2.45) is 5.92 Å². The van der Waals surface area contributed by atoms with Crippen LogP contribution in [0, 0.1) is 11.7 Å². The van der Waals surface area contributed by atoms with Gasteiger partial charge in [0, 0.05) is 12.5 Å². The second-order valence-electron chi connectivity index (χ2n) is 6.86. The van der Waals surface area contributed by atoms with Gasteiger partial charge in [0.1, 0.15) is 23.7 Å². The maximum atomic E-state index is 12.9. The first-order chi connectivity index (χ1) is 13.1. The van der Waals surface area contributed by atoms with E-state index in [1.165, 1.54) is 24.3 Å². The van der Waals surface area contributed by atoms with E-state index in [9.17, 15) is 37.1 Å². The van der Waals surface area contributed by atoms with E-state index >= 15 is 0 Å². The minimum absolute atomic E-state index is 0.102. The lowest BCUT2D eigenvalue weighted by molar-refractivity contribution is -0.170. The molecule has 0 spiro atoms. The Hall–Kier alpha value is -2.49. The molecule has 0 aliphatic heterocycles. The molecule has 3 N–H and O–H groups in total. The van der Waals surface area contributed by atoms with Crippen molar-refractivity contribution in [1.29, 1.82) is 0 Å². The van der Waals surface area contributed by atoms with E-state index in [4.69, 9.17) is 0 Å². The smallest absolute Gasteiger partial charge is 0.411 e. The number of hydrogen-bond acceptors (Lipinski definition) is 4. The molecule has 6 nitrogen and oxygen atoms in total. The van der Waals surface area contributed by atoms with Crippen LogP contribution in [-0.4, -0.2) is 47.6 Å². The van der Waals surface area contributed by atoms with Crippen LogP contribution in [0.1, 0.15) is 24.8 Å². The zero-order valence-electron chi connectivity index (χ0n) is 14.8. The van der Waals surface area contributed by atoms with Crippen molar-refractivity contribution in [2.75, 3.05) is 6.54 Å². The van der Waals surface area contributed by atoms with Crippen LogP contribution in [0.4, 0.5) is 17.6 Å². The summed E-state index contributed by atoms with van der Waals surface area (Å²) in [5.41, 5.74) is -1.60. The summed E-state index contributed by atoms with van der Waals surface area (Å²) in [6.45, 7) is -0.102. The first kappa shape index (κ1) is 21.8. The highest BCUT2D eigenvalue weighted by Gasteiger charge is 2.64. The largest absolute Gasteiger partial charge is 0.480 e. The molecule has 28 heavy (non-hydrogen) atoms. The molecular formula is C18H20F4N2O4. The van der Waals surface area contributed by atoms with E-state index in [-0.39, 0.29) is 25.8 Å². The number of carbonyl (C=O) groups is 3. The number of alkyl halides is 3. The highest BCUT2D eigenvalue weighted by molar-refractivity contribution is 5.85. The van der Waals surface area contributed by atoms with Crippen LogP contribution >= 0.6 is 0 Å². The maximum absolute atomic E-state index is 12.9. The van der Waals surface area contributed by atoms with Gasteiger partial charge in [-0.3, -0.25) is 9.59 Å². The second kappa shape index (κ2) is 8.68. The van der Waals surface area contributed by atoms with Gasteiger partial charge in [0.15, 0.2) is 0 Å². The number of halogens is 4. The Bertz CT molecular complexity index is 717. The number of carbonyl (C=O) groups excluding carboxylic acids is 2. The number of benzene rings is 1. The zero-order valence-corrected chi connectivity index (χ0v) is 14.8. The lowest BCUT2D eigenvalue weighted by atomic mass is 10.00. The molecule has 154 valence electrons. The molecule has 10 heteroatoms. The molecule has 1 saturated carbocycles. The van der Waals surface area contributed by atoms with Crippen molar-refractivity contribution in [2.45, 2.75) is 43.4 Å². The van der Waals surface area contributed by atoms with Gasteiger partial charge >= 0.3 is 12.1 Å². The van der Waals surface area contributed by atoms with Gasteiger partial charge in [-0.05, 0) is 37.0 Å². The molecule has 0 heterocycles. The van der Waals surface area contributed by atoms with Gasteiger partial charge in [0.05, 0.1) is 6.42 Å². The van der Waals surface area contributed by atoms with E-state index in [1.807, 2.05) is 5.32 Å². The molecule has 2 rings (SSSR count). The van der Waals surface area contributed by atoms with Crippen LogP contribution < -0.4 is 10.6 Å². The number of nitrogens with one attached hydrogen (secondary N) is 2. The third kappa shape index (κ3) is 5.75. The molecule has 2 atom stereocenters. The molecule has 2 unspecified atom stereocenters. The highest BCUT2D eigenvalue weighted by atomic mass is 19.4. The van der Waals surface area contributed by atoms with Gasteiger partial charge in [0.25, 0.3) is 0 Å². The SMILES string of the molecule is O=CC(CNC(CC(=O)NC1(C(F)(F)F)CC1)C(=O)O)Cc1ccc(F)cc1. The van der Waals surface area contributed by atoms with Crippen molar-refractivity contribution in [1.82, 2.24) is 10.6 Å². The molecule has 1 aromatic carbocycles. The Labute approximate surface area is 158 Å². The van der Waals surface area contributed by atoms with Crippen molar-refractivity contribution >= 4 is 18.2 Å². The summed E-state index contributed by atoms with van der Waals surface area (Å²) in [7, 11) is 0. The Morgan fingerprint density at radius 1 is 1.21 bits per heavy atom. The number of aliphatic carboxylic acids is 1. The molecule has 1 fully saturated rings. The first-order valence-corrected chi connectivity index (χ1v) is 8.60. The fraction of sp³-hybridized carbons (Fsp3) is 0.500. The standard InChI is InChI=1S/C18H20F4N2O4/c19-13-3-1-11(2-4-13)7-12(10-25)9-23-14(16(27)28)8-15(26)24-17(5-6-17)18(20,21)22/h1-4,10,12,14,23H,5-9H2,(H,24,26)(H,27,28). The van der Waals surface area contributed by atoms with Gasteiger partial charge in [-0.15, -0.1) is 0 Å². The Morgan fingerprint density at radius 2 is 1.82 bits per heavy atom. The molecule has 1 aliphatic carbocycles. The predicted octanol–water partition coefficient (Wildman–Crippen LogP) is 1.83. The van der Waals surface area contributed by atoms with Crippen molar-refractivity contribution < 1.29 is 37.1 Å².